The van der Waals surface area contributed by atoms with Crippen LogP contribution in [0, 0.1) is 0 Å². The van der Waals surface area contributed by atoms with Gasteiger partial charge in [0.15, 0.2) is 17.5 Å². The molecule has 0 N–H and O–H groups in total. The zero-order valence-electron chi connectivity index (χ0n) is 50.5. The second-order valence-corrected chi connectivity index (χ2v) is 23.9. The molecule has 0 fully saturated rings. The van der Waals surface area contributed by atoms with Crippen LogP contribution in [-0.4, -0.2) is 28.7 Å². The Morgan fingerprint density at radius 3 is 0.871 bits per heavy atom. The molecule has 18 rings (SSSR count). The van der Waals surface area contributed by atoms with Crippen molar-refractivity contribution in [1.29, 1.82) is 0 Å². The minimum absolute atomic E-state index is 0.553. The Balaban J connectivity index is 0.885. The zero-order valence-corrected chi connectivity index (χ0v) is 50.5. The van der Waals surface area contributed by atoms with Gasteiger partial charge in [-0.1, -0.05) is 255 Å². The van der Waals surface area contributed by atoms with Crippen molar-refractivity contribution in [2.75, 3.05) is 0 Å². The second-order valence-electron chi connectivity index (χ2n) is 23.9. The second kappa shape index (κ2) is 22.2. The Morgan fingerprint density at radius 2 is 0.441 bits per heavy atom. The van der Waals surface area contributed by atoms with Crippen LogP contribution in [-0.2, 0) is 0 Å². The first-order valence-corrected chi connectivity index (χ1v) is 31.7. The highest BCUT2D eigenvalue weighted by Gasteiger charge is 2.23. The Kier molecular flexibility index (Phi) is 12.8. The van der Waals surface area contributed by atoms with E-state index in [-0.39, 0.29) is 0 Å². The summed E-state index contributed by atoms with van der Waals surface area (Å²) in [5.41, 5.74) is 23.5. The smallest absolute Gasteiger partial charge is 0.164 e. The highest BCUT2D eigenvalue weighted by molar-refractivity contribution is 6.12. The van der Waals surface area contributed by atoms with Gasteiger partial charge in [0.25, 0.3) is 0 Å². The summed E-state index contributed by atoms with van der Waals surface area (Å²) in [4.78, 5) is 16.9. The molecule has 14 aromatic carbocycles. The molecular weight excluding hydrogens is 1130 g/mol. The van der Waals surface area contributed by atoms with Crippen LogP contribution < -0.4 is 0 Å². The van der Waals surface area contributed by atoms with E-state index in [4.69, 9.17) is 15.0 Å². The standard InChI is InChI=1S/C87H56N6/c1-4-24-57(25-5-1)60-30-22-31-62(52-60)75-55-65(48-51-83(75)92-78-42-18-12-36-70(78)71-37-13-19-43-79(71)92)86-88-85(89-87(90-86)66-46-49-67(59-28-8-3-9-29-59)84(56-66)93-80-44-20-14-38-72(80)73-39-15-21-45-81(73)93)64-33-23-32-63(53-64)74-54-61(58-26-6-2-7-27-58)47-50-82(74)91-76-40-16-10-34-68(76)69-35-11-17-41-77(69)91/h1-56H. The van der Waals surface area contributed by atoms with E-state index in [1.54, 1.807) is 0 Å². The van der Waals surface area contributed by atoms with Crippen LogP contribution in [0.15, 0.2) is 340 Å². The molecule has 0 saturated heterocycles. The maximum Gasteiger partial charge on any atom is 0.164 e. The summed E-state index contributed by atoms with van der Waals surface area (Å²) >= 11 is 0. The first kappa shape index (κ1) is 53.5. The Bertz CT molecular complexity index is 5780. The van der Waals surface area contributed by atoms with Crippen LogP contribution in [0.25, 0.3) is 172 Å². The van der Waals surface area contributed by atoms with E-state index in [1.807, 2.05) is 0 Å². The van der Waals surface area contributed by atoms with Crippen LogP contribution in [0.5, 0.6) is 0 Å². The van der Waals surface area contributed by atoms with Crippen molar-refractivity contribution in [3.05, 3.63) is 340 Å². The average Bonchev–Trinajstić information content (AvgIpc) is 1.67. The Hall–Kier alpha value is -12.5. The first-order chi connectivity index (χ1) is 46.1. The van der Waals surface area contributed by atoms with Gasteiger partial charge in [-0.3, -0.25) is 0 Å². The molecule has 0 spiro atoms. The van der Waals surface area contributed by atoms with Crippen molar-refractivity contribution >= 4 is 65.4 Å². The highest BCUT2D eigenvalue weighted by Crippen LogP contribution is 2.44. The van der Waals surface area contributed by atoms with E-state index in [1.165, 1.54) is 32.3 Å². The molecular formula is C87H56N6. The van der Waals surface area contributed by atoms with Gasteiger partial charge in [-0.25, -0.2) is 15.0 Å². The van der Waals surface area contributed by atoms with Crippen molar-refractivity contribution in [3.63, 3.8) is 0 Å². The number of hydrogen-bond donors (Lipinski definition) is 0. The molecule has 0 radical (unpaired) electrons. The Morgan fingerprint density at radius 1 is 0.161 bits per heavy atom. The molecule has 0 bridgehead atoms. The fourth-order valence-corrected chi connectivity index (χ4v) is 14.2. The number of para-hydroxylation sites is 6. The maximum atomic E-state index is 5.63. The minimum Gasteiger partial charge on any atom is -0.309 e. The molecule has 4 heterocycles. The van der Waals surface area contributed by atoms with Crippen LogP contribution in [0.3, 0.4) is 0 Å². The van der Waals surface area contributed by atoms with Gasteiger partial charge in [0.2, 0.25) is 0 Å². The van der Waals surface area contributed by atoms with Crippen molar-refractivity contribution in [3.8, 4) is 107 Å². The fraction of sp³-hybridized carbons (Fsp3) is 0. The molecule has 0 saturated carbocycles. The van der Waals surface area contributed by atoms with Gasteiger partial charge >= 0.3 is 0 Å². The van der Waals surface area contributed by atoms with Crippen LogP contribution in [0.2, 0.25) is 0 Å². The van der Waals surface area contributed by atoms with E-state index < -0.39 is 0 Å². The molecule has 18 aromatic rings. The molecule has 0 atom stereocenters. The summed E-state index contributed by atoms with van der Waals surface area (Å²) in [5.74, 6) is 1.66. The van der Waals surface area contributed by atoms with Crippen molar-refractivity contribution in [2.24, 2.45) is 0 Å². The summed E-state index contributed by atoms with van der Waals surface area (Å²) in [6.07, 6.45) is 0. The third kappa shape index (κ3) is 9.14. The van der Waals surface area contributed by atoms with Crippen molar-refractivity contribution in [1.82, 2.24) is 28.7 Å². The third-order valence-electron chi connectivity index (χ3n) is 18.5. The van der Waals surface area contributed by atoms with E-state index in [0.29, 0.717) is 17.5 Å². The molecule has 0 unspecified atom stereocenters. The average molecular weight is 1190 g/mol. The lowest BCUT2D eigenvalue weighted by Gasteiger charge is -2.18. The molecule has 0 aliphatic heterocycles. The molecule has 6 nitrogen and oxygen atoms in total. The molecule has 0 aliphatic rings. The molecule has 0 aliphatic carbocycles. The van der Waals surface area contributed by atoms with E-state index in [9.17, 15) is 0 Å². The fourth-order valence-electron chi connectivity index (χ4n) is 14.2. The number of hydrogen-bond acceptors (Lipinski definition) is 3. The van der Waals surface area contributed by atoms with Gasteiger partial charge in [0.1, 0.15) is 0 Å². The van der Waals surface area contributed by atoms with Crippen LogP contribution in [0.4, 0.5) is 0 Å². The third-order valence-corrected chi connectivity index (χ3v) is 18.5. The van der Waals surface area contributed by atoms with E-state index in [2.05, 4.69) is 353 Å². The van der Waals surface area contributed by atoms with Gasteiger partial charge in [-0.2, -0.15) is 0 Å². The largest absolute Gasteiger partial charge is 0.309 e. The minimum atomic E-state index is 0.553. The summed E-state index contributed by atoms with van der Waals surface area (Å²) in [6.45, 7) is 0. The van der Waals surface area contributed by atoms with Gasteiger partial charge in [0, 0.05) is 65.7 Å². The first-order valence-electron chi connectivity index (χ1n) is 31.7. The zero-order chi connectivity index (χ0) is 61.3. The van der Waals surface area contributed by atoms with Gasteiger partial charge < -0.3 is 13.7 Å². The normalized spacial score (nSPS) is 11.7. The van der Waals surface area contributed by atoms with Gasteiger partial charge in [-0.05, 0) is 124 Å². The number of fused-ring (bicyclic) bond motifs is 9. The molecule has 0 amide bonds. The van der Waals surface area contributed by atoms with Crippen LogP contribution in [0.1, 0.15) is 0 Å². The summed E-state index contributed by atoms with van der Waals surface area (Å²) in [7, 11) is 0. The van der Waals surface area contributed by atoms with E-state index >= 15 is 0 Å². The SMILES string of the molecule is c1ccc(-c2cccc(-c3cc(-c4nc(-c5cccc(-c6cc(-c7ccccc7)ccc6-n6c7ccccc7c7ccccc76)c5)nc(-c5ccc(-c6ccccc6)c(-n6c7ccccc7c7ccccc76)c5)n4)ccc3-n3c4ccccc4c4ccccc43)c2)cc1. The molecule has 6 heteroatoms. The quantitative estimate of drug-likeness (QED) is 0.130. The molecule has 93 heavy (non-hydrogen) atoms. The lowest BCUT2D eigenvalue weighted by atomic mass is 9.95. The number of aromatic nitrogens is 6. The van der Waals surface area contributed by atoms with Gasteiger partial charge in [-0.15, -0.1) is 0 Å². The van der Waals surface area contributed by atoms with E-state index in [0.717, 1.165) is 122 Å². The van der Waals surface area contributed by atoms with Crippen LogP contribution >= 0.6 is 0 Å². The Labute approximate surface area is 537 Å². The predicted octanol–water partition coefficient (Wildman–Crippen LogP) is 22.5. The van der Waals surface area contributed by atoms with Crippen molar-refractivity contribution in [2.45, 2.75) is 0 Å². The lowest BCUT2D eigenvalue weighted by molar-refractivity contribution is 1.07. The summed E-state index contributed by atoms with van der Waals surface area (Å²) < 4.78 is 7.24. The maximum absolute atomic E-state index is 5.63. The number of benzene rings is 14. The molecule has 434 valence electrons. The highest BCUT2D eigenvalue weighted by atomic mass is 15.0. The summed E-state index contributed by atoms with van der Waals surface area (Å²) in [5, 5.41) is 7.18. The number of nitrogens with zero attached hydrogens (tertiary/aromatic N) is 6. The van der Waals surface area contributed by atoms with Gasteiger partial charge in [0.05, 0.1) is 50.2 Å². The summed E-state index contributed by atoms with van der Waals surface area (Å²) in [6, 6.07) is 122. The lowest BCUT2D eigenvalue weighted by Crippen LogP contribution is -2.03. The molecule has 4 aromatic heterocycles. The van der Waals surface area contributed by atoms with Crippen molar-refractivity contribution < 1.29 is 0 Å². The number of rotatable bonds is 11. The topological polar surface area (TPSA) is 53.5 Å². The predicted molar refractivity (Wildman–Crippen MR) is 386 cm³/mol. The monoisotopic (exact) mass is 1180 g/mol.